The van der Waals surface area contributed by atoms with Crippen LogP contribution in [-0.2, 0) is 17.6 Å². The van der Waals surface area contributed by atoms with Gasteiger partial charge in [0.05, 0.1) is 17.4 Å². The van der Waals surface area contributed by atoms with Crippen LogP contribution in [0, 0.1) is 23.1 Å². The Morgan fingerprint density at radius 3 is 2.79 bits per heavy atom. The van der Waals surface area contributed by atoms with Gasteiger partial charge in [-0.3, -0.25) is 14.3 Å². The van der Waals surface area contributed by atoms with Gasteiger partial charge in [0.25, 0.3) is 0 Å². The van der Waals surface area contributed by atoms with Crippen molar-refractivity contribution in [2.24, 2.45) is 5.92 Å². The summed E-state index contributed by atoms with van der Waals surface area (Å²) in [7, 11) is 3.89. The van der Waals surface area contributed by atoms with E-state index in [-0.39, 0.29) is 23.5 Å². The molecule has 178 valence electrons. The van der Waals surface area contributed by atoms with Crippen molar-refractivity contribution < 1.29 is 9.18 Å². The summed E-state index contributed by atoms with van der Waals surface area (Å²) in [6, 6.07) is 8.37. The number of nitriles is 1. The molecule has 0 unspecified atom stereocenters. The van der Waals surface area contributed by atoms with Crippen LogP contribution in [-0.4, -0.2) is 45.4 Å². The molecule has 0 radical (unpaired) electrons. The number of hydrogen-bond donors (Lipinski definition) is 1. The summed E-state index contributed by atoms with van der Waals surface area (Å²) in [5, 5.41) is 22.5. The highest BCUT2D eigenvalue weighted by Crippen LogP contribution is 2.39. The SMILES string of the molecule is C[C@H]1CCc2c(sc(NC(=O)CSc3nnc([C@@H](C)N(C)C)n3-c3ccc(F)cc3)c2C#N)C1. The first-order valence-electron chi connectivity index (χ1n) is 11.1. The number of carbonyl (C=O) groups is 1. The predicted molar refractivity (Wildman–Crippen MR) is 133 cm³/mol. The maximum absolute atomic E-state index is 13.5. The van der Waals surface area contributed by atoms with E-state index in [2.05, 4.69) is 28.5 Å². The molecule has 1 aliphatic rings. The molecule has 10 heteroatoms. The number of thioether (sulfide) groups is 1. The molecule has 2 atom stereocenters. The Balaban J connectivity index is 1.53. The van der Waals surface area contributed by atoms with E-state index in [1.54, 1.807) is 12.1 Å². The number of carbonyl (C=O) groups excluding carboxylic acids is 1. The van der Waals surface area contributed by atoms with Gasteiger partial charge in [0.1, 0.15) is 16.9 Å². The minimum Gasteiger partial charge on any atom is -0.316 e. The second kappa shape index (κ2) is 10.3. The summed E-state index contributed by atoms with van der Waals surface area (Å²) in [6.45, 7) is 4.22. The number of halogens is 1. The smallest absolute Gasteiger partial charge is 0.235 e. The van der Waals surface area contributed by atoms with Crippen LogP contribution in [0.25, 0.3) is 5.69 Å². The fourth-order valence-electron chi connectivity index (χ4n) is 3.96. The fourth-order valence-corrected chi connectivity index (χ4v) is 6.10. The van der Waals surface area contributed by atoms with E-state index < -0.39 is 0 Å². The van der Waals surface area contributed by atoms with E-state index in [1.165, 1.54) is 40.1 Å². The summed E-state index contributed by atoms with van der Waals surface area (Å²) < 4.78 is 15.4. The molecular formula is C24H27FN6OS2. The third-order valence-corrected chi connectivity index (χ3v) is 8.20. The number of amides is 1. The summed E-state index contributed by atoms with van der Waals surface area (Å²) in [5.74, 6) is 0.872. The zero-order valence-electron chi connectivity index (χ0n) is 19.6. The van der Waals surface area contributed by atoms with Gasteiger partial charge in [0.2, 0.25) is 5.91 Å². The minimum absolute atomic E-state index is 0.0428. The summed E-state index contributed by atoms with van der Waals surface area (Å²) in [4.78, 5) is 16.0. The van der Waals surface area contributed by atoms with Crippen LogP contribution in [0.15, 0.2) is 29.4 Å². The number of aromatic nitrogens is 3. The zero-order valence-corrected chi connectivity index (χ0v) is 21.3. The van der Waals surface area contributed by atoms with Crippen molar-refractivity contribution in [3.05, 3.63) is 51.9 Å². The Bertz CT molecular complexity index is 1230. The van der Waals surface area contributed by atoms with Crippen LogP contribution < -0.4 is 5.32 Å². The normalized spacial score (nSPS) is 16.2. The standard InChI is InChI=1S/C24H27FN6OS2/c1-14-5-10-18-19(12-26)23(34-20(18)11-14)27-21(32)13-33-24-29-28-22(15(2)30(3)4)31(24)17-8-6-16(25)7-9-17/h6-9,14-15H,5,10-11,13H2,1-4H3,(H,27,32)/t14-,15+/m0/s1. The molecule has 0 bridgehead atoms. The number of fused-ring (bicyclic) bond motifs is 1. The third kappa shape index (κ3) is 5.02. The van der Waals surface area contributed by atoms with Gasteiger partial charge in [-0.05, 0) is 76.0 Å². The molecule has 2 heterocycles. The number of hydrogen-bond acceptors (Lipinski definition) is 7. The Hall–Kier alpha value is -2.74. The maximum Gasteiger partial charge on any atom is 0.235 e. The van der Waals surface area contributed by atoms with E-state index in [1.807, 2.05) is 30.5 Å². The van der Waals surface area contributed by atoms with Gasteiger partial charge < -0.3 is 5.32 Å². The quantitative estimate of drug-likeness (QED) is 0.470. The Morgan fingerprint density at radius 1 is 1.38 bits per heavy atom. The number of nitrogens with one attached hydrogen (secondary N) is 1. The van der Waals surface area contributed by atoms with Crippen molar-refractivity contribution >= 4 is 34.0 Å². The van der Waals surface area contributed by atoms with Gasteiger partial charge in [0.15, 0.2) is 11.0 Å². The molecule has 1 aromatic carbocycles. The number of anilines is 1. The van der Waals surface area contributed by atoms with Crippen molar-refractivity contribution in [3.8, 4) is 11.8 Å². The van der Waals surface area contributed by atoms with Crippen molar-refractivity contribution in [3.63, 3.8) is 0 Å². The fraction of sp³-hybridized carbons (Fsp3) is 0.417. The van der Waals surface area contributed by atoms with Crippen LogP contribution in [0.4, 0.5) is 9.39 Å². The molecule has 0 aliphatic heterocycles. The largest absolute Gasteiger partial charge is 0.316 e. The first kappa shape index (κ1) is 24.4. The first-order valence-corrected chi connectivity index (χ1v) is 12.9. The van der Waals surface area contributed by atoms with Gasteiger partial charge in [-0.25, -0.2) is 4.39 Å². The Kier molecular flexibility index (Phi) is 7.36. The maximum atomic E-state index is 13.5. The van der Waals surface area contributed by atoms with E-state index >= 15 is 0 Å². The van der Waals surface area contributed by atoms with E-state index in [0.29, 0.717) is 27.5 Å². The van der Waals surface area contributed by atoms with Gasteiger partial charge in [-0.15, -0.1) is 21.5 Å². The molecule has 1 aliphatic carbocycles. The Morgan fingerprint density at radius 2 is 2.12 bits per heavy atom. The highest BCUT2D eigenvalue weighted by molar-refractivity contribution is 7.99. The number of benzene rings is 1. The van der Waals surface area contributed by atoms with Crippen LogP contribution in [0.2, 0.25) is 0 Å². The number of thiophene rings is 1. The van der Waals surface area contributed by atoms with Crippen molar-refractivity contribution in [2.75, 3.05) is 25.2 Å². The van der Waals surface area contributed by atoms with Crippen LogP contribution in [0.5, 0.6) is 0 Å². The predicted octanol–water partition coefficient (Wildman–Crippen LogP) is 4.82. The van der Waals surface area contributed by atoms with Gasteiger partial charge in [-0.1, -0.05) is 18.7 Å². The summed E-state index contributed by atoms with van der Waals surface area (Å²) in [6.07, 6.45) is 2.90. The third-order valence-electron chi connectivity index (χ3n) is 6.10. The van der Waals surface area contributed by atoms with Gasteiger partial charge in [0, 0.05) is 10.6 Å². The van der Waals surface area contributed by atoms with E-state index in [4.69, 9.17) is 0 Å². The lowest BCUT2D eigenvalue weighted by Crippen LogP contribution is -2.21. The average molecular weight is 499 g/mol. The van der Waals surface area contributed by atoms with Crippen molar-refractivity contribution in [2.45, 2.75) is 44.3 Å². The van der Waals surface area contributed by atoms with Gasteiger partial charge >= 0.3 is 0 Å². The molecule has 7 nitrogen and oxygen atoms in total. The van der Waals surface area contributed by atoms with Crippen molar-refractivity contribution in [1.29, 1.82) is 5.26 Å². The second-order valence-electron chi connectivity index (χ2n) is 8.80. The lowest BCUT2D eigenvalue weighted by molar-refractivity contribution is -0.113. The molecule has 0 spiro atoms. The summed E-state index contributed by atoms with van der Waals surface area (Å²) >= 11 is 2.77. The zero-order chi connectivity index (χ0) is 24.4. The lowest BCUT2D eigenvalue weighted by Gasteiger charge is -2.20. The van der Waals surface area contributed by atoms with E-state index in [0.717, 1.165) is 30.5 Å². The Labute approximate surface area is 207 Å². The minimum atomic E-state index is -0.325. The molecule has 2 aromatic heterocycles. The molecule has 0 fully saturated rings. The van der Waals surface area contributed by atoms with Crippen LogP contribution in [0.1, 0.15) is 48.1 Å². The molecular weight excluding hydrogens is 471 g/mol. The molecule has 1 N–H and O–H groups in total. The first-order chi connectivity index (χ1) is 16.3. The number of rotatable bonds is 7. The molecule has 3 aromatic rings. The van der Waals surface area contributed by atoms with Gasteiger partial charge in [-0.2, -0.15) is 5.26 Å². The lowest BCUT2D eigenvalue weighted by atomic mass is 9.89. The van der Waals surface area contributed by atoms with Crippen LogP contribution in [0.3, 0.4) is 0 Å². The second-order valence-corrected chi connectivity index (χ2v) is 10.8. The monoisotopic (exact) mass is 498 g/mol. The average Bonchev–Trinajstić information content (AvgIpc) is 3.37. The van der Waals surface area contributed by atoms with E-state index in [9.17, 15) is 14.4 Å². The molecule has 4 rings (SSSR count). The molecule has 0 saturated heterocycles. The number of nitrogens with zero attached hydrogens (tertiary/aromatic N) is 5. The molecule has 34 heavy (non-hydrogen) atoms. The highest BCUT2D eigenvalue weighted by Gasteiger charge is 2.25. The summed E-state index contributed by atoms with van der Waals surface area (Å²) in [5.41, 5.74) is 2.42. The highest BCUT2D eigenvalue weighted by atomic mass is 32.2. The topological polar surface area (TPSA) is 86.8 Å². The molecule has 0 saturated carbocycles. The molecule has 1 amide bonds. The van der Waals surface area contributed by atoms with Crippen molar-refractivity contribution in [1.82, 2.24) is 19.7 Å². The van der Waals surface area contributed by atoms with Crippen LogP contribution >= 0.6 is 23.1 Å².